The average Bonchev–Trinajstić information content (AvgIpc) is 2.38. The van der Waals surface area contributed by atoms with Crippen molar-refractivity contribution in [3.05, 3.63) is 0 Å². The van der Waals surface area contributed by atoms with Gasteiger partial charge in [0.15, 0.2) is 5.96 Å². The number of nitrogens with one attached hydrogen (secondary N) is 2. The maximum atomic E-state index is 11.0. The lowest BCUT2D eigenvalue weighted by Gasteiger charge is -2.18. The van der Waals surface area contributed by atoms with Crippen molar-refractivity contribution >= 4 is 35.9 Å². The number of aliphatic imine (C=N–C) groups is 1. The normalized spacial score (nSPS) is 12.6. The Balaban J connectivity index is 0. The summed E-state index contributed by atoms with van der Waals surface area (Å²) < 4.78 is 4.60. The summed E-state index contributed by atoms with van der Waals surface area (Å²) in [6, 6.07) is 0.379. The molecule has 0 bridgehead atoms. The molecule has 0 saturated heterocycles. The highest BCUT2D eigenvalue weighted by Gasteiger charge is 2.06. The minimum absolute atomic E-state index is 0. The van der Waals surface area contributed by atoms with Crippen LogP contribution in [0.3, 0.4) is 0 Å². The van der Waals surface area contributed by atoms with E-state index in [4.69, 9.17) is 0 Å². The predicted molar refractivity (Wildman–Crippen MR) is 99.3 cm³/mol. The van der Waals surface area contributed by atoms with E-state index >= 15 is 0 Å². The van der Waals surface area contributed by atoms with Crippen LogP contribution in [0.4, 0.5) is 0 Å². The molecule has 1 unspecified atom stereocenters. The Bertz CT molecular complexity index is 297. The average molecular weight is 413 g/mol. The van der Waals surface area contributed by atoms with Crippen LogP contribution < -0.4 is 10.6 Å². The van der Waals surface area contributed by atoms with Crippen LogP contribution in [0.1, 0.15) is 53.4 Å². The van der Waals surface area contributed by atoms with Crippen molar-refractivity contribution < 1.29 is 9.53 Å². The van der Waals surface area contributed by atoms with Gasteiger partial charge in [-0.3, -0.25) is 9.79 Å². The Morgan fingerprint density at radius 2 is 1.90 bits per heavy atom. The van der Waals surface area contributed by atoms with Crippen molar-refractivity contribution in [2.45, 2.75) is 59.4 Å². The van der Waals surface area contributed by atoms with E-state index in [-0.39, 0.29) is 29.9 Å². The van der Waals surface area contributed by atoms with E-state index in [1.165, 1.54) is 20.0 Å². The fourth-order valence-corrected chi connectivity index (χ4v) is 1.82. The van der Waals surface area contributed by atoms with Crippen LogP contribution in [0.25, 0.3) is 0 Å². The van der Waals surface area contributed by atoms with Crippen LogP contribution in [0, 0.1) is 5.92 Å². The molecule has 0 saturated carbocycles. The van der Waals surface area contributed by atoms with Gasteiger partial charge in [-0.25, -0.2) is 0 Å². The number of guanidine groups is 1. The number of hydrogen-bond acceptors (Lipinski definition) is 3. The molecule has 21 heavy (non-hydrogen) atoms. The van der Waals surface area contributed by atoms with Gasteiger partial charge in [-0.05, 0) is 26.2 Å². The smallest absolute Gasteiger partial charge is 0.307 e. The second kappa shape index (κ2) is 14.4. The third-order valence-corrected chi connectivity index (χ3v) is 2.96. The van der Waals surface area contributed by atoms with Gasteiger partial charge >= 0.3 is 5.97 Å². The van der Waals surface area contributed by atoms with Gasteiger partial charge in [-0.1, -0.05) is 26.7 Å². The van der Waals surface area contributed by atoms with Crippen LogP contribution in [0.15, 0.2) is 4.99 Å². The standard InChI is InChI=1S/C15H31N3O2.HI/c1-6-16-15(17-11-10-14(19)20-5)18-13(4)9-7-8-12(2)3;/h12-13H,6-11H2,1-5H3,(H2,16,17,18);1H. The fourth-order valence-electron chi connectivity index (χ4n) is 1.82. The summed E-state index contributed by atoms with van der Waals surface area (Å²) in [4.78, 5) is 15.4. The number of halogens is 1. The summed E-state index contributed by atoms with van der Waals surface area (Å²) in [6.45, 7) is 9.94. The number of carbonyl (C=O) groups is 1. The van der Waals surface area contributed by atoms with Gasteiger partial charge < -0.3 is 15.4 Å². The number of rotatable bonds is 9. The molecule has 0 rings (SSSR count). The molecule has 0 aliphatic rings. The summed E-state index contributed by atoms with van der Waals surface area (Å²) in [5.74, 6) is 1.30. The molecule has 0 radical (unpaired) electrons. The van der Waals surface area contributed by atoms with Crippen molar-refractivity contribution in [3.63, 3.8) is 0 Å². The molecule has 0 fully saturated rings. The van der Waals surface area contributed by atoms with E-state index in [1.54, 1.807) is 0 Å². The van der Waals surface area contributed by atoms with Crippen molar-refractivity contribution in [2.75, 3.05) is 20.2 Å². The minimum atomic E-state index is -0.227. The van der Waals surface area contributed by atoms with Crippen molar-refractivity contribution in [1.82, 2.24) is 10.6 Å². The predicted octanol–water partition coefficient (Wildman–Crippen LogP) is 2.94. The summed E-state index contributed by atoms with van der Waals surface area (Å²) >= 11 is 0. The number of ether oxygens (including phenoxy) is 1. The molecule has 5 nitrogen and oxygen atoms in total. The molecular formula is C15H32IN3O2. The monoisotopic (exact) mass is 413 g/mol. The van der Waals surface area contributed by atoms with Gasteiger partial charge in [-0.2, -0.15) is 0 Å². The maximum Gasteiger partial charge on any atom is 0.307 e. The zero-order valence-corrected chi connectivity index (χ0v) is 16.4. The molecule has 1 atom stereocenters. The van der Waals surface area contributed by atoms with Gasteiger partial charge in [0.1, 0.15) is 0 Å². The van der Waals surface area contributed by atoms with E-state index in [2.05, 4.69) is 41.1 Å². The molecular weight excluding hydrogens is 381 g/mol. The van der Waals surface area contributed by atoms with E-state index in [0.29, 0.717) is 19.0 Å². The van der Waals surface area contributed by atoms with Crippen LogP contribution in [-0.2, 0) is 9.53 Å². The van der Waals surface area contributed by atoms with Crippen molar-refractivity contribution in [2.24, 2.45) is 10.9 Å². The lowest BCUT2D eigenvalue weighted by Crippen LogP contribution is -2.42. The third kappa shape index (κ3) is 14.2. The zero-order valence-electron chi connectivity index (χ0n) is 14.1. The Kier molecular flexibility index (Phi) is 15.6. The second-order valence-corrected chi connectivity index (χ2v) is 5.46. The molecule has 0 spiro atoms. The van der Waals surface area contributed by atoms with Crippen LogP contribution in [0.2, 0.25) is 0 Å². The lowest BCUT2D eigenvalue weighted by molar-refractivity contribution is -0.140. The molecule has 0 amide bonds. The molecule has 0 heterocycles. The first-order valence-corrected chi connectivity index (χ1v) is 7.61. The second-order valence-electron chi connectivity index (χ2n) is 5.46. The van der Waals surface area contributed by atoms with Crippen molar-refractivity contribution in [1.29, 1.82) is 0 Å². The number of nitrogens with zero attached hydrogens (tertiary/aromatic N) is 1. The topological polar surface area (TPSA) is 62.7 Å². The molecule has 126 valence electrons. The van der Waals surface area contributed by atoms with E-state index in [9.17, 15) is 4.79 Å². The summed E-state index contributed by atoms with van der Waals surface area (Å²) in [7, 11) is 1.40. The Morgan fingerprint density at radius 3 is 2.43 bits per heavy atom. The summed E-state index contributed by atoms with van der Waals surface area (Å²) in [6.07, 6.45) is 3.91. The number of carbonyl (C=O) groups excluding carboxylic acids is 1. The van der Waals surface area contributed by atoms with E-state index < -0.39 is 0 Å². The number of methoxy groups -OCH3 is 1. The first kappa shape index (κ1) is 22.7. The Labute approximate surface area is 146 Å². The first-order valence-electron chi connectivity index (χ1n) is 7.61. The highest BCUT2D eigenvalue weighted by molar-refractivity contribution is 14.0. The largest absolute Gasteiger partial charge is 0.469 e. The molecule has 0 aromatic rings. The van der Waals surface area contributed by atoms with Crippen LogP contribution in [-0.4, -0.2) is 38.2 Å². The highest BCUT2D eigenvalue weighted by Crippen LogP contribution is 2.08. The first-order chi connectivity index (χ1) is 9.49. The summed E-state index contributed by atoms with van der Waals surface area (Å²) in [5.41, 5.74) is 0. The van der Waals surface area contributed by atoms with Gasteiger partial charge in [0.25, 0.3) is 0 Å². The number of hydrogen-bond donors (Lipinski definition) is 2. The molecule has 0 aromatic carbocycles. The minimum Gasteiger partial charge on any atom is -0.469 e. The van der Waals surface area contributed by atoms with Crippen LogP contribution >= 0.6 is 24.0 Å². The van der Waals surface area contributed by atoms with Gasteiger partial charge in [0.2, 0.25) is 0 Å². The zero-order chi connectivity index (χ0) is 15.4. The van der Waals surface area contributed by atoms with E-state index in [0.717, 1.165) is 24.8 Å². The highest BCUT2D eigenvalue weighted by atomic mass is 127. The molecule has 6 heteroatoms. The van der Waals surface area contributed by atoms with Crippen molar-refractivity contribution in [3.8, 4) is 0 Å². The SMILES string of the molecule is CCNC(=NCCC(=O)OC)NC(C)CCCC(C)C.I. The Hall–Kier alpha value is -0.530. The molecule has 0 aliphatic carbocycles. The lowest BCUT2D eigenvalue weighted by atomic mass is 10.0. The third-order valence-electron chi connectivity index (χ3n) is 2.96. The van der Waals surface area contributed by atoms with Gasteiger partial charge in [0, 0.05) is 12.6 Å². The number of esters is 1. The fraction of sp³-hybridized carbons (Fsp3) is 0.867. The molecule has 0 aliphatic heterocycles. The Morgan fingerprint density at radius 1 is 1.24 bits per heavy atom. The molecule has 2 N–H and O–H groups in total. The van der Waals surface area contributed by atoms with Gasteiger partial charge in [0.05, 0.1) is 20.1 Å². The van der Waals surface area contributed by atoms with Crippen LogP contribution in [0.5, 0.6) is 0 Å². The quantitative estimate of drug-likeness (QED) is 0.264. The van der Waals surface area contributed by atoms with E-state index in [1.807, 2.05) is 6.92 Å². The maximum absolute atomic E-state index is 11.0. The van der Waals surface area contributed by atoms with Gasteiger partial charge in [-0.15, -0.1) is 24.0 Å². The summed E-state index contributed by atoms with van der Waals surface area (Å²) in [5, 5.41) is 6.56. The molecule has 0 aromatic heterocycles.